The third-order valence-corrected chi connectivity index (χ3v) is 3.90. The van der Waals surface area contributed by atoms with Crippen LogP contribution in [-0.2, 0) is 5.33 Å². The molecule has 0 saturated carbocycles. The molecule has 0 atom stereocenters. The highest BCUT2D eigenvalue weighted by Crippen LogP contribution is 2.33. The van der Waals surface area contributed by atoms with Gasteiger partial charge in [-0.05, 0) is 43.2 Å². The second-order valence-electron chi connectivity index (χ2n) is 4.15. The van der Waals surface area contributed by atoms with Gasteiger partial charge in [0.1, 0.15) is 11.5 Å². The second-order valence-corrected chi connectivity index (χ2v) is 5.12. The summed E-state index contributed by atoms with van der Waals surface area (Å²) in [5.74, 6) is 1.67. The van der Waals surface area contributed by atoms with E-state index in [1.807, 2.05) is 30.3 Å². The van der Waals surface area contributed by atoms with E-state index >= 15 is 0 Å². The summed E-state index contributed by atoms with van der Waals surface area (Å²) in [4.78, 5) is 0. The van der Waals surface area contributed by atoms with E-state index in [9.17, 15) is 0 Å². The predicted molar refractivity (Wildman–Crippen MR) is 80.1 cm³/mol. The van der Waals surface area contributed by atoms with E-state index in [0.29, 0.717) is 5.33 Å². The van der Waals surface area contributed by atoms with Gasteiger partial charge in [0.05, 0.1) is 0 Å². The van der Waals surface area contributed by atoms with E-state index in [2.05, 4.69) is 35.8 Å². The van der Waals surface area contributed by atoms with E-state index in [-0.39, 0.29) is 0 Å². The van der Waals surface area contributed by atoms with E-state index in [0.717, 1.165) is 27.6 Å². The highest BCUT2D eigenvalue weighted by Gasteiger charge is 2.09. The van der Waals surface area contributed by atoms with Crippen molar-refractivity contribution < 1.29 is 4.74 Å². The molecule has 0 heterocycles. The van der Waals surface area contributed by atoms with Crippen LogP contribution in [0.2, 0.25) is 5.02 Å². The average Bonchev–Trinajstić information content (AvgIpc) is 2.35. The number of alkyl halides is 1. The molecule has 0 aliphatic carbocycles. The highest BCUT2D eigenvalue weighted by atomic mass is 79.9. The zero-order chi connectivity index (χ0) is 13.1. The first-order valence-corrected chi connectivity index (χ1v) is 7.21. The molecule has 0 aliphatic rings. The summed E-state index contributed by atoms with van der Waals surface area (Å²) in [5, 5.41) is 1.39. The van der Waals surface area contributed by atoms with Crippen LogP contribution in [0.4, 0.5) is 0 Å². The van der Waals surface area contributed by atoms with E-state index < -0.39 is 0 Å². The van der Waals surface area contributed by atoms with Crippen molar-refractivity contribution in [1.29, 1.82) is 0 Å². The summed E-state index contributed by atoms with van der Waals surface area (Å²) < 4.78 is 5.98. The number of rotatable bonds is 3. The van der Waals surface area contributed by atoms with Crippen molar-refractivity contribution in [2.45, 2.75) is 19.2 Å². The number of ether oxygens (including phenoxy) is 1. The molecule has 2 aromatic rings. The molecule has 1 nitrogen and oxygen atoms in total. The van der Waals surface area contributed by atoms with Gasteiger partial charge in [0.2, 0.25) is 0 Å². The fourth-order valence-electron chi connectivity index (χ4n) is 1.72. The molecular weight excluding hydrogens is 312 g/mol. The minimum Gasteiger partial charge on any atom is -0.457 e. The lowest BCUT2D eigenvalue weighted by atomic mass is 10.1. The summed E-state index contributed by atoms with van der Waals surface area (Å²) in [5.41, 5.74) is 3.34. The lowest BCUT2D eigenvalue weighted by Crippen LogP contribution is -1.93. The lowest BCUT2D eigenvalue weighted by molar-refractivity contribution is 0.474. The van der Waals surface area contributed by atoms with E-state index in [4.69, 9.17) is 16.3 Å². The van der Waals surface area contributed by atoms with Crippen molar-refractivity contribution in [2.75, 3.05) is 0 Å². The molecule has 0 spiro atoms. The van der Waals surface area contributed by atoms with Gasteiger partial charge in [-0.3, -0.25) is 0 Å². The standard InChI is InChI=1S/C15H14BrClO/c1-10-5-3-7-14(11(10)2)18-15-8-4-6-13(17)12(15)9-16/h3-8H,9H2,1-2H3. The Morgan fingerprint density at radius 3 is 2.44 bits per heavy atom. The number of aryl methyl sites for hydroxylation is 1. The summed E-state index contributed by atoms with van der Waals surface area (Å²) in [6.07, 6.45) is 0. The first kappa shape index (κ1) is 13.4. The minimum absolute atomic E-state index is 0.673. The van der Waals surface area contributed by atoms with Crippen molar-refractivity contribution in [3.8, 4) is 11.5 Å². The van der Waals surface area contributed by atoms with Crippen LogP contribution in [0.25, 0.3) is 0 Å². The number of hydrogen-bond donors (Lipinski definition) is 0. The number of hydrogen-bond acceptors (Lipinski definition) is 1. The molecule has 0 N–H and O–H groups in total. The molecule has 94 valence electrons. The lowest BCUT2D eigenvalue weighted by Gasteiger charge is -2.13. The van der Waals surface area contributed by atoms with Crippen LogP contribution in [0.3, 0.4) is 0 Å². The molecule has 18 heavy (non-hydrogen) atoms. The summed E-state index contributed by atoms with van der Waals surface area (Å²) in [6.45, 7) is 4.13. The Hall–Kier alpha value is -0.990. The molecule has 2 aromatic carbocycles. The average molecular weight is 326 g/mol. The van der Waals surface area contributed by atoms with Gasteiger partial charge in [-0.25, -0.2) is 0 Å². The van der Waals surface area contributed by atoms with Gasteiger partial charge in [-0.2, -0.15) is 0 Å². The molecule has 0 aliphatic heterocycles. The fourth-order valence-corrected chi connectivity index (χ4v) is 2.69. The van der Waals surface area contributed by atoms with Gasteiger partial charge in [-0.15, -0.1) is 0 Å². The maximum Gasteiger partial charge on any atom is 0.132 e. The Bertz CT molecular complexity index is 566. The van der Waals surface area contributed by atoms with E-state index in [1.54, 1.807) is 0 Å². The van der Waals surface area contributed by atoms with Crippen LogP contribution in [0, 0.1) is 13.8 Å². The van der Waals surface area contributed by atoms with Gasteiger partial charge < -0.3 is 4.74 Å². The van der Waals surface area contributed by atoms with Gasteiger partial charge in [0.15, 0.2) is 0 Å². The van der Waals surface area contributed by atoms with Crippen LogP contribution in [-0.4, -0.2) is 0 Å². The minimum atomic E-state index is 0.673. The van der Waals surface area contributed by atoms with Crippen molar-refractivity contribution in [3.05, 3.63) is 58.1 Å². The molecule has 0 bridgehead atoms. The summed E-state index contributed by atoms with van der Waals surface area (Å²) in [7, 11) is 0. The topological polar surface area (TPSA) is 9.23 Å². The first-order chi connectivity index (χ1) is 8.63. The van der Waals surface area contributed by atoms with Crippen molar-refractivity contribution in [3.63, 3.8) is 0 Å². The number of benzene rings is 2. The van der Waals surface area contributed by atoms with Crippen LogP contribution in [0.15, 0.2) is 36.4 Å². The first-order valence-electron chi connectivity index (χ1n) is 5.71. The smallest absolute Gasteiger partial charge is 0.132 e. The largest absolute Gasteiger partial charge is 0.457 e. The molecule has 2 rings (SSSR count). The highest BCUT2D eigenvalue weighted by molar-refractivity contribution is 9.08. The fraction of sp³-hybridized carbons (Fsp3) is 0.200. The third-order valence-electron chi connectivity index (χ3n) is 2.98. The zero-order valence-corrected chi connectivity index (χ0v) is 12.7. The van der Waals surface area contributed by atoms with Crippen molar-refractivity contribution in [1.82, 2.24) is 0 Å². The van der Waals surface area contributed by atoms with Gasteiger partial charge in [-0.1, -0.05) is 45.7 Å². The Morgan fingerprint density at radius 1 is 1.06 bits per heavy atom. The molecule has 3 heteroatoms. The quantitative estimate of drug-likeness (QED) is 0.663. The summed E-state index contributed by atoms with van der Waals surface area (Å²) in [6, 6.07) is 11.7. The Kier molecular flexibility index (Phi) is 4.31. The van der Waals surface area contributed by atoms with Gasteiger partial charge in [0, 0.05) is 15.9 Å². The van der Waals surface area contributed by atoms with Gasteiger partial charge >= 0.3 is 0 Å². The molecular formula is C15H14BrClO. The SMILES string of the molecule is Cc1cccc(Oc2cccc(Cl)c2CBr)c1C. The number of halogens is 2. The Morgan fingerprint density at radius 2 is 1.72 bits per heavy atom. The Labute approximate surface area is 121 Å². The maximum absolute atomic E-state index is 6.16. The van der Waals surface area contributed by atoms with Gasteiger partial charge in [0.25, 0.3) is 0 Å². The molecule has 0 radical (unpaired) electrons. The monoisotopic (exact) mass is 324 g/mol. The predicted octanol–water partition coefficient (Wildman–Crippen LogP) is 5.64. The second kappa shape index (κ2) is 5.77. The van der Waals surface area contributed by atoms with Crippen LogP contribution in [0.1, 0.15) is 16.7 Å². The van der Waals surface area contributed by atoms with Crippen LogP contribution < -0.4 is 4.74 Å². The maximum atomic E-state index is 6.16. The molecule has 0 aromatic heterocycles. The van der Waals surface area contributed by atoms with Crippen LogP contribution in [0.5, 0.6) is 11.5 Å². The molecule has 0 saturated heterocycles. The third kappa shape index (κ3) is 2.70. The molecule has 0 unspecified atom stereocenters. The van der Waals surface area contributed by atoms with Crippen molar-refractivity contribution in [2.24, 2.45) is 0 Å². The van der Waals surface area contributed by atoms with Crippen LogP contribution >= 0.6 is 27.5 Å². The normalized spacial score (nSPS) is 10.4. The molecule has 0 amide bonds. The Balaban J connectivity index is 2.40. The van der Waals surface area contributed by atoms with Crippen molar-refractivity contribution >= 4 is 27.5 Å². The summed E-state index contributed by atoms with van der Waals surface area (Å²) >= 11 is 9.60. The van der Waals surface area contributed by atoms with E-state index in [1.165, 1.54) is 5.56 Å². The zero-order valence-electron chi connectivity index (χ0n) is 10.3. The molecule has 0 fully saturated rings.